The number of amides is 2. The molecule has 0 spiro atoms. The Bertz CT molecular complexity index is 1450. The molecule has 1 unspecified atom stereocenters. The lowest BCUT2D eigenvalue weighted by Gasteiger charge is -2.33. The van der Waals surface area contributed by atoms with Crippen LogP contribution in [-0.2, 0) is 26.2 Å². The van der Waals surface area contributed by atoms with E-state index in [0.717, 1.165) is 15.4 Å². The molecule has 1 atom stereocenters. The average Bonchev–Trinajstić information content (AvgIpc) is 2.91. The molecule has 41 heavy (non-hydrogen) atoms. The number of nitrogens with one attached hydrogen (secondary N) is 1. The number of sulfonamides is 1. The highest BCUT2D eigenvalue weighted by atomic mass is 35.5. The molecule has 10 heteroatoms. The highest BCUT2D eigenvalue weighted by Gasteiger charge is 2.34. The van der Waals surface area contributed by atoms with Gasteiger partial charge in [-0.25, -0.2) is 8.42 Å². The monoisotopic (exact) mass is 599 g/mol. The minimum atomic E-state index is -4.25. The molecule has 0 aromatic heterocycles. The molecule has 0 saturated heterocycles. The molecule has 0 saturated carbocycles. The van der Waals surface area contributed by atoms with Crippen molar-refractivity contribution in [3.05, 3.63) is 88.9 Å². The van der Waals surface area contributed by atoms with Gasteiger partial charge >= 0.3 is 0 Å². The standard InChI is InChI=1S/C31H38ClN3O5S/c1-7-40-28-11-9-8-10-27(28)35(41(38,39)26-18-16-25(32)17-19-26)21-29(36)34(20-24-14-12-22(2)13-15-24)23(3)30(37)33-31(4,5)6/h8-19,23H,7,20-21H2,1-6H3,(H,33,37). The molecule has 3 aromatic rings. The third-order valence-corrected chi connectivity index (χ3v) is 8.28. The van der Waals surface area contributed by atoms with Gasteiger partial charge in [-0.2, -0.15) is 0 Å². The predicted octanol–water partition coefficient (Wildman–Crippen LogP) is 5.57. The molecule has 2 amide bonds. The van der Waals surface area contributed by atoms with E-state index in [1.807, 2.05) is 52.0 Å². The van der Waals surface area contributed by atoms with Gasteiger partial charge in [0.15, 0.2) is 0 Å². The van der Waals surface area contributed by atoms with E-state index in [1.54, 1.807) is 38.1 Å². The highest BCUT2D eigenvalue weighted by molar-refractivity contribution is 7.92. The zero-order valence-electron chi connectivity index (χ0n) is 24.3. The van der Waals surface area contributed by atoms with E-state index in [2.05, 4.69) is 5.32 Å². The third kappa shape index (κ3) is 8.47. The third-order valence-electron chi connectivity index (χ3n) is 6.25. The van der Waals surface area contributed by atoms with Gasteiger partial charge in [0.1, 0.15) is 18.3 Å². The van der Waals surface area contributed by atoms with Crippen LogP contribution in [0, 0.1) is 6.92 Å². The summed E-state index contributed by atoms with van der Waals surface area (Å²) in [4.78, 5) is 28.7. The fourth-order valence-corrected chi connectivity index (χ4v) is 5.69. The number of aryl methyl sites for hydroxylation is 1. The first kappa shape index (κ1) is 32.0. The van der Waals surface area contributed by atoms with Crippen molar-refractivity contribution in [1.29, 1.82) is 0 Å². The number of rotatable bonds is 11. The van der Waals surface area contributed by atoms with Crippen LogP contribution >= 0.6 is 11.6 Å². The first-order chi connectivity index (χ1) is 19.2. The Morgan fingerprint density at radius 1 is 0.976 bits per heavy atom. The minimum Gasteiger partial charge on any atom is -0.492 e. The molecule has 0 aliphatic carbocycles. The summed E-state index contributed by atoms with van der Waals surface area (Å²) in [6.45, 7) is 10.8. The van der Waals surface area contributed by atoms with Crippen molar-refractivity contribution in [2.45, 2.75) is 64.6 Å². The smallest absolute Gasteiger partial charge is 0.264 e. The Balaban J connectivity index is 2.08. The second kappa shape index (κ2) is 13.4. The molecule has 1 N–H and O–H groups in total. The van der Waals surface area contributed by atoms with E-state index in [4.69, 9.17) is 16.3 Å². The SMILES string of the molecule is CCOc1ccccc1N(CC(=O)N(Cc1ccc(C)cc1)C(C)C(=O)NC(C)(C)C)S(=O)(=O)c1ccc(Cl)cc1. The summed E-state index contributed by atoms with van der Waals surface area (Å²) in [5.74, 6) is -0.588. The van der Waals surface area contributed by atoms with Crippen LogP contribution in [0.25, 0.3) is 0 Å². The summed E-state index contributed by atoms with van der Waals surface area (Å²) in [6, 6.07) is 19.1. The Hall–Kier alpha value is -3.56. The van der Waals surface area contributed by atoms with Crippen molar-refractivity contribution < 1.29 is 22.7 Å². The normalized spacial score (nSPS) is 12.4. The fourth-order valence-electron chi connectivity index (χ4n) is 4.13. The first-order valence-corrected chi connectivity index (χ1v) is 15.2. The van der Waals surface area contributed by atoms with Crippen LogP contribution in [0.5, 0.6) is 5.75 Å². The second-order valence-electron chi connectivity index (χ2n) is 10.8. The summed E-state index contributed by atoms with van der Waals surface area (Å²) in [6.07, 6.45) is 0. The number of carbonyl (C=O) groups is 2. The van der Waals surface area contributed by atoms with Crippen LogP contribution in [0.15, 0.2) is 77.7 Å². The van der Waals surface area contributed by atoms with Crippen LogP contribution in [0.1, 0.15) is 45.7 Å². The lowest BCUT2D eigenvalue weighted by atomic mass is 10.1. The lowest BCUT2D eigenvalue weighted by molar-refractivity contribution is -0.140. The number of anilines is 1. The van der Waals surface area contributed by atoms with Crippen molar-refractivity contribution in [3.63, 3.8) is 0 Å². The second-order valence-corrected chi connectivity index (χ2v) is 13.1. The molecule has 0 bridgehead atoms. The molecule has 0 aliphatic heterocycles. The maximum absolute atomic E-state index is 14.1. The van der Waals surface area contributed by atoms with Crippen molar-refractivity contribution >= 4 is 39.1 Å². The summed E-state index contributed by atoms with van der Waals surface area (Å²) in [7, 11) is -4.25. The molecule has 0 radical (unpaired) electrons. The summed E-state index contributed by atoms with van der Waals surface area (Å²) >= 11 is 6.02. The number of carbonyl (C=O) groups excluding carboxylic acids is 2. The maximum atomic E-state index is 14.1. The van der Waals surface area contributed by atoms with Crippen LogP contribution in [-0.4, -0.2) is 49.9 Å². The van der Waals surface area contributed by atoms with Gasteiger partial charge in [-0.15, -0.1) is 0 Å². The van der Waals surface area contributed by atoms with Gasteiger partial charge in [0.05, 0.1) is 17.2 Å². The highest BCUT2D eigenvalue weighted by Crippen LogP contribution is 2.33. The van der Waals surface area contributed by atoms with Gasteiger partial charge in [-0.05, 0) is 83.5 Å². The van der Waals surface area contributed by atoms with Gasteiger partial charge in [-0.3, -0.25) is 13.9 Å². The van der Waals surface area contributed by atoms with Gasteiger partial charge < -0.3 is 15.0 Å². The molecule has 0 aliphatic rings. The minimum absolute atomic E-state index is 0.0374. The Morgan fingerprint density at radius 2 is 1.59 bits per heavy atom. The Labute approximate surface area is 248 Å². The van der Waals surface area contributed by atoms with Crippen molar-refractivity contribution in [1.82, 2.24) is 10.2 Å². The maximum Gasteiger partial charge on any atom is 0.264 e. The lowest BCUT2D eigenvalue weighted by Crippen LogP contribution is -2.54. The number of halogens is 1. The summed E-state index contributed by atoms with van der Waals surface area (Å²) in [5, 5.41) is 3.30. The molecule has 3 rings (SSSR count). The van der Waals surface area contributed by atoms with Gasteiger partial charge in [0.2, 0.25) is 11.8 Å². The van der Waals surface area contributed by atoms with Gasteiger partial charge in [0, 0.05) is 17.1 Å². The molecule has 8 nitrogen and oxygen atoms in total. The number of nitrogens with zero attached hydrogens (tertiary/aromatic N) is 2. The van der Waals surface area contributed by atoms with Crippen molar-refractivity contribution in [3.8, 4) is 5.75 Å². The van der Waals surface area contributed by atoms with Crippen molar-refractivity contribution in [2.75, 3.05) is 17.5 Å². The number of hydrogen-bond donors (Lipinski definition) is 1. The van der Waals surface area contributed by atoms with E-state index in [9.17, 15) is 18.0 Å². The number of para-hydroxylation sites is 2. The van der Waals surface area contributed by atoms with Crippen molar-refractivity contribution in [2.24, 2.45) is 0 Å². The fraction of sp³-hybridized carbons (Fsp3) is 0.355. The van der Waals surface area contributed by atoms with Gasteiger partial charge in [-0.1, -0.05) is 53.6 Å². The Morgan fingerprint density at radius 3 is 2.17 bits per heavy atom. The molecule has 0 heterocycles. The number of ether oxygens (including phenoxy) is 1. The van der Waals surface area contributed by atoms with Gasteiger partial charge in [0.25, 0.3) is 10.0 Å². The van der Waals surface area contributed by atoms with Crippen LogP contribution in [0.4, 0.5) is 5.69 Å². The van der Waals surface area contributed by atoms with Crippen LogP contribution < -0.4 is 14.4 Å². The van der Waals surface area contributed by atoms with Crippen LogP contribution in [0.2, 0.25) is 5.02 Å². The van der Waals surface area contributed by atoms with E-state index < -0.39 is 34.1 Å². The van der Waals surface area contributed by atoms with Crippen LogP contribution in [0.3, 0.4) is 0 Å². The zero-order valence-corrected chi connectivity index (χ0v) is 25.9. The van der Waals surface area contributed by atoms with E-state index in [-0.39, 0.29) is 23.0 Å². The average molecular weight is 600 g/mol. The summed E-state index contributed by atoms with van der Waals surface area (Å²) in [5.41, 5.74) is 1.54. The molecule has 220 valence electrons. The molecular formula is C31H38ClN3O5S. The van der Waals surface area contributed by atoms with E-state index >= 15 is 0 Å². The summed E-state index contributed by atoms with van der Waals surface area (Å²) < 4.78 is 34.8. The van der Waals surface area contributed by atoms with E-state index in [1.165, 1.54) is 29.2 Å². The quantitative estimate of drug-likeness (QED) is 0.311. The largest absolute Gasteiger partial charge is 0.492 e. The molecule has 0 fully saturated rings. The first-order valence-electron chi connectivity index (χ1n) is 13.4. The van der Waals surface area contributed by atoms with E-state index in [0.29, 0.717) is 17.4 Å². The molecule has 3 aromatic carbocycles. The zero-order chi connectivity index (χ0) is 30.4. The number of hydrogen-bond acceptors (Lipinski definition) is 5. The molecular weight excluding hydrogens is 562 g/mol. The number of benzene rings is 3. The Kier molecular flexibility index (Phi) is 10.4. The predicted molar refractivity (Wildman–Crippen MR) is 163 cm³/mol. The topological polar surface area (TPSA) is 96.0 Å².